The molecule has 0 saturated carbocycles. The highest BCUT2D eigenvalue weighted by Crippen LogP contribution is 2.16. The second-order valence-corrected chi connectivity index (χ2v) is 5.86. The SMILES string of the molecule is CN(Cc1ccc(O)cc1)CC(C)(C)S. The minimum atomic E-state index is 0.0195. The molecule has 0 fully saturated rings. The topological polar surface area (TPSA) is 23.5 Å². The van der Waals surface area contributed by atoms with Gasteiger partial charge >= 0.3 is 0 Å². The van der Waals surface area contributed by atoms with Crippen molar-refractivity contribution in [1.29, 1.82) is 0 Å². The molecule has 1 aromatic rings. The van der Waals surface area contributed by atoms with Crippen LogP contribution in [0.4, 0.5) is 0 Å². The Balaban J connectivity index is 2.51. The van der Waals surface area contributed by atoms with Gasteiger partial charge in [0.2, 0.25) is 0 Å². The second kappa shape index (κ2) is 4.90. The molecule has 1 aromatic carbocycles. The van der Waals surface area contributed by atoms with Gasteiger partial charge in [0.25, 0.3) is 0 Å². The zero-order valence-electron chi connectivity index (χ0n) is 9.57. The van der Waals surface area contributed by atoms with Crippen LogP contribution in [-0.4, -0.2) is 28.3 Å². The Labute approximate surface area is 97.3 Å². The lowest BCUT2D eigenvalue weighted by Crippen LogP contribution is -2.31. The summed E-state index contributed by atoms with van der Waals surface area (Å²) < 4.78 is 0.0195. The summed E-state index contributed by atoms with van der Waals surface area (Å²) in [5.74, 6) is 0.316. The molecule has 0 aliphatic heterocycles. The summed E-state index contributed by atoms with van der Waals surface area (Å²) in [5, 5.41) is 9.15. The van der Waals surface area contributed by atoms with E-state index in [1.54, 1.807) is 12.1 Å². The lowest BCUT2D eigenvalue weighted by molar-refractivity contribution is 0.303. The maximum absolute atomic E-state index is 9.15. The van der Waals surface area contributed by atoms with Crippen LogP contribution in [0.1, 0.15) is 19.4 Å². The van der Waals surface area contributed by atoms with Gasteiger partial charge in [0.05, 0.1) is 0 Å². The molecule has 0 atom stereocenters. The largest absolute Gasteiger partial charge is 0.508 e. The number of phenols is 1. The third-order valence-electron chi connectivity index (χ3n) is 2.05. The number of aromatic hydroxyl groups is 1. The van der Waals surface area contributed by atoms with Crippen molar-refractivity contribution >= 4 is 12.6 Å². The molecular formula is C12H19NOS. The molecule has 0 unspecified atom stereocenters. The summed E-state index contributed by atoms with van der Waals surface area (Å²) in [4.78, 5) is 2.22. The van der Waals surface area contributed by atoms with Crippen LogP contribution < -0.4 is 0 Å². The molecule has 3 heteroatoms. The maximum Gasteiger partial charge on any atom is 0.115 e. The van der Waals surface area contributed by atoms with Crippen molar-refractivity contribution in [2.45, 2.75) is 25.1 Å². The van der Waals surface area contributed by atoms with Crippen molar-refractivity contribution in [2.24, 2.45) is 0 Å². The Bertz CT molecular complexity index is 302. The van der Waals surface area contributed by atoms with Gasteiger partial charge in [-0.3, -0.25) is 0 Å². The predicted molar refractivity (Wildman–Crippen MR) is 67.5 cm³/mol. The minimum absolute atomic E-state index is 0.0195. The van der Waals surface area contributed by atoms with E-state index in [1.807, 2.05) is 12.1 Å². The van der Waals surface area contributed by atoms with E-state index in [1.165, 1.54) is 5.56 Å². The molecule has 1 N–H and O–H groups in total. The highest BCUT2D eigenvalue weighted by molar-refractivity contribution is 7.81. The number of nitrogens with zero attached hydrogens (tertiary/aromatic N) is 1. The van der Waals surface area contributed by atoms with Gasteiger partial charge in [0.15, 0.2) is 0 Å². The van der Waals surface area contributed by atoms with Gasteiger partial charge in [-0.1, -0.05) is 12.1 Å². The Morgan fingerprint density at radius 3 is 2.27 bits per heavy atom. The number of rotatable bonds is 4. The summed E-state index contributed by atoms with van der Waals surface area (Å²) in [6, 6.07) is 7.32. The van der Waals surface area contributed by atoms with Crippen molar-refractivity contribution in [3.63, 3.8) is 0 Å². The molecule has 0 bridgehead atoms. The van der Waals surface area contributed by atoms with Gasteiger partial charge in [0.1, 0.15) is 5.75 Å². The van der Waals surface area contributed by atoms with Gasteiger partial charge in [-0.2, -0.15) is 12.6 Å². The normalized spacial score (nSPS) is 12.1. The van der Waals surface area contributed by atoms with Gasteiger partial charge in [-0.15, -0.1) is 0 Å². The fourth-order valence-corrected chi connectivity index (χ4v) is 1.87. The highest BCUT2D eigenvalue weighted by Gasteiger charge is 2.14. The average molecular weight is 225 g/mol. The van der Waals surface area contributed by atoms with Gasteiger partial charge in [-0.25, -0.2) is 0 Å². The Kier molecular flexibility index (Phi) is 4.05. The molecule has 0 spiro atoms. The van der Waals surface area contributed by atoms with Crippen LogP contribution in [-0.2, 0) is 6.54 Å². The van der Waals surface area contributed by atoms with Crippen molar-refractivity contribution < 1.29 is 5.11 Å². The van der Waals surface area contributed by atoms with Gasteiger partial charge < -0.3 is 10.0 Å². The molecule has 0 amide bonds. The molecule has 15 heavy (non-hydrogen) atoms. The highest BCUT2D eigenvalue weighted by atomic mass is 32.1. The van der Waals surface area contributed by atoms with E-state index in [-0.39, 0.29) is 4.75 Å². The van der Waals surface area contributed by atoms with E-state index in [0.29, 0.717) is 5.75 Å². The van der Waals surface area contributed by atoms with Gasteiger partial charge in [0, 0.05) is 17.8 Å². The average Bonchev–Trinajstić information content (AvgIpc) is 2.05. The summed E-state index contributed by atoms with van der Waals surface area (Å²) >= 11 is 4.50. The third-order valence-corrected chi connectivity index (χ3v) is 2.19. The zero-order chi connectivity index (χ0) is 11.5. The first-order valence-electron chi connectivity index (χ1n) is 5.06. The fraction of sp³-hybridized carbons (Fsp3) is 0.500. The van der Waals surface area contributed by atoms with Gasteiger partial charge in [-0.05, 0) is 38.6 Å². The molecule has 2 nitrogen and oxygen atoms in total. The Morgan fingerprint density at radius 2 is 1.80 bits per heavy atom. The van der Waals surface area contributed by atoms with E-state index in [2.05, 4.69) is 38.4 Å². The quantitative estimate of drug-likeness (QED) is 0.769. The van der Waals surface area contributed by atoms with Crippen molar-refractivity contribution in [3.8, 4) is 5.75 Å². The summed E-state index contributed by atoms with van der Waals surface area (Å²) in [6.45, 7) is 6.01. The molecule has 1 rings (SSSR count). The molecule has 0 aliphatic rings. The van der Waals surface area contributed by atoms with Crippen LogP contribution in [0, 0.1) is 0 Å². The zero-order valence-corrected chi connectivity index (χ0v) is 10.5. The van der Waals surface area contributed by atoms with Crippen LogP contribution >= 0.6 is 12.6 Å². The summed E-state index contributed by atoms with van der Waals surface area (Å²) in [6.07, 6.45) is 0. The molecule has 0 saturated heterocycles. The van der Waals surface area contributed by atoms with Crippen LogP contribution in [0.15, 0.2) is 24.3 Å². The number of benzene rings is 1. The van der Waals surface area contributed by atoms with Crippen molar-refractivity contribution in [3.05, 3.63) is 29.8 Å². The van der Waals surface area contributed by atoms with Crippen molar-refractivity contribution in [2.75, 3.05) is 13.6 Å². The molecule has 84 valence electrons. The standard InChI is InChI=1S/C12H19NOS/c1-12(2,15)9-13(3)8-10-4-6-11(14)7-5-10/h4-7,14-15H,8-9H2,1-3H3. The summed E-state index contributed by atoms with van der Waals surface area (Å²) in [7, 11) is 2.07. The third kappa shape index (κ3) is 5.09. The van der Waals surface area contributed by atoms with E-state index < -0.39 is 0 Å². The predicted octanol–water partition coefficient (Wildman–Crippen LogP) is 2.53. The summed E-state index contributed by atoms with van der Waals surface area (Å²) in [5.41, 5.74) is 1.20. The van der Waals surface area contributed by atoms with E-state index in [9.17, 15) is 0 Å². The second-order valence-electron chi connectivity index (χ2n) is 4.65. The number of thiol groups is 1. The molecule has 0 heterocycles. The van der Waals surface area contributed by atoms with Crippen LogP contribution in [0.25, 0.3) is 0 Å². The Hall–Kier alpha value is -0.670. The van der Waals surface area contributed by atoms with E-state index in [4.69, 9.17) is 5.11 Å². The minimum Gasteiger partial charge on any atom is -0.508 e. The van der Waals surface area contributed by atoms with Crippen LogP contribution in [0.2, 0.25) is 0 Å². The molecule has 0 aliphatic carbocycles. The van der Waals surface area contributed by atoms with E-state index in [0.717, 1.165) is 13.1 Å². The number of hydrogen-bond acceptors (Lipinski definition) is 3. The Morgan fingerprint density at radius 1 is 1.27 bits per heavy atom. The lowest BCUT2D eigenvalue weighted by Gasteiger charge is -2.25. The first kappa shape index (κ1) is 12.4. The lowest BCUT2D eigenvalue weighted by atomic mass is 10.1. The molecule has 0 aromatic heterocycles. The number of phenolic OH excluding ortho intramolecular Hbond substituents is 1. The first-order chi connectivity index (χ1) is 6.87. The van der Waals surface area contributed by atoms with Crippen molar-refractivity contribution in [1.82, 2.24) is 4.90 Å². The number of hydrogen-bond donors (Lipinski definition) is 2. The van der Waals surface area contributed by atoms with Crippen LogP contribution in [0.3, 0.4) is 0 Å². The molecule has 0 radical (unpaired) electrons. The monoisotopic (exact) mass is 225 g/mol. The van der Waals surface area contributed by atoms with Crippen LogP contribution in [0.5, 0.6) is 5.75 Å². The fourth-order valence-electron chi connectivity index (χ4n) is 1.63. The van der Waals surface area contributed by atoms with E-state index >= 15 is 0 Å². The first-order valence-corrected chi connectivity index (χ1v) is 5.50. The molecular weight excluding hydrogens is 206 g/mol. The smallest absolute Gasteiger partial charge is 0.115 e. The maximum atomic E-state index is 9.15.